The van der Waals surface area contributed by atoms with Gasteiger partial charge in [-0.25, -0.2) is 4.79 Å². The zero-order chi connectivity index (χ0) is 30.7. The third kappa shape index (κ3) is 12.7. The first-order valence-electron chi connectivity index (χ1n) is 14.8. The maximum absolute atomic E-state index is 13.1. The molecule has 0 radical (unpaired) electrons. The van der Waals surface area contributed by atoms with Crippen molar-refractivity contribution in [3.63, 3.8) is 0 Å². The van der Waals surface area contributed by atoms with E-state index in [1.54, 1.807) is 6.92 Å². The fourth-order valence-corrected chi connectivity index (χ4v) is 4.59. The molecule has 43 heavy (non-hydrogen) atoms. The van der Waals surface area contributed by atoms with Gasteiger partial charge >= 0.3 is 11.9 Å². The molecule has 1 saturated heterocycles. The van der Waals surface area contributed by atoms with Gasteiger partial charge in [0, 0.05) is 25.3 Å². The van der Waals surface area contributed by atoms with Gasteiger partial charge in [0.05, 0.1) is 33.0 Å². The molecular weight excluding hydrogens is 552 g/mol. The molecule has 0 aromatic heterocycles. The second-order valence-corrected chi connectivity index (χ2v) is 10.2. The molecule has 2 amide bonds. The van der Waals surface area contributed by atoms with Crippen LogP contribution in [0.25, 0.3) is 0 Å². The minimum atomic E-state index is -0.763. The lowest BCUT2D eigenvalue weighted by Crippen LogP contribution is -2.46. The van der Waals surface area contributed by atoms with Gasteiger partial charge in [-0.15, -0.1) is 0 Å². The van der Waals surface area contributed by atoms with Crippen molar-refractivity contribution in [1.29, 1.82) is 0 Å². The smallest absolute Gasteiger partial charge is 0.329 e. The Balaban J connectivity index is 1.45. The van der Waals surface area contributed by atoms with Gasteiger partial charge < -0.3 is 29.2 Å². The monoisotopic (exact) mass is 594 g/mol. The molecule has 1 N–H and O–H groups in total. The van der Waals surface area contributed by atoms with Crippen LogP contribution in [0.2, 0.25) is 0 Å². The Hall–Kier alpha value is -4.18. The zero-order valence-corrected chi connectivity index (χ0v) is 24.8. The third-order valence-electron chi connectivity index (χ3n) is 6.76. The molecule has 1 heterocycles. The van der Waals surface area contributed by atoms with Crippen LogP contribution in [0.5, 0.6) is 5.75 Å². The van der Waals surface area contributed by atoms with Gasteiger partial charge in [-0.05, 0) is 43.9 Å². The quantitative estimate of drug-likeness (QED) is 0.157. The summed E-state index contributed by atoms with van der Waals surface area (Å²) < 4.78 is 21.8. The molecule has 2 atom stereocenters. The number of nitrogens with one attached hydrogen (secondary N) is 1. The Bertz CT molecular complexity index is 1170. The van der Waals surface area contributed by atoms with E-state index in [1.807, 2.05) is 72.8 Å². The van der Waals surface area contributed by atoms with Gasteiger partial charge in [0.15, 0.2) is 0 Å². The molecule has 1 aliphatic rings. The predicted octanol–water partition coefficient (Wildman–Crippen LogP) is 3.84. The molecule has 10 nitrogen and oxygen atoms in total. The SMILES string of the molecule is CCOC(=O)CC/C=C/COCC1CC(C(=O)OCc2ccccc2)N(C(=O)CNC(=O)CCCOc2ccccc2)C1. The maximum atomic E-state index is 13.1. The van der Waals surface area contributed by atoms with Crippen molar-refractivity contribution in [2.45, 2.75) is 51.7 Å². The van der Waals surface area contributed by atoms with E-state index in [-0.39, 0.29) is 43.3 Å². The van der Waals surface area contributed by atoms with Gasteiger partial charge in [-0.3, -0.25) is 14.4 Å². The first-order valence-corrected chi connectivity index (χ1v) is 14.8. The Kier molecular flexibility index (Phi) is 14.8. The summed E-state index contributed by atoms with van der Waals surface area (Å²) in [6.07, 6.45) is 5.70. The molecule has 3 rings (SSSR count). The number of ether oxygens (including phenoxy) is 4. The van der Waals surface area contributed by atoms with Crippen LogP contribution >= 0.6 is 0 Å². The number of rotatable bonds is 18. The first-order chi connectivity index (χ1) is 21.0. The van der Waals surface area contributed by atoms with E-state index in [0.29, 0.717) is 58.7 Å². The van der Waals surface area contributed by atoms with Crippen LogP contribution in [0.1, 0.15) is 44.6 Å². The number of hydrogen-bond acceptors (Lipinski definition) is 8. The molecule has 2 aromatic carbocycles. The van der Waals surface area contributed by atoms with Crippen molar-refractivity contribution in [3.8, 4) is 5.75 Å². The van der Waals surface area contributed by atoms with Crippen molar-refractivity contribution in [2.75, 3.05) is 39.5 Å². The number of benzene rings is 2. The fraction of sp³-hybridized carbons (Fsp3) is 0.455. The number of carbonyl (C=O) groups excluding carboxylic acids is 4. The average Bonchev–Trinajstić information content (AvgIpc) is 3.46. The number of hydrogen-bond donors (Lipinski definition) is 1. The summed E-state index contributed by atoms with van der Waals surface area (Å²) >= 11 is 0. The molecule has 0 aliphatic carbocycles. The van der Waals surface area contributed by atoms with Crippen molar-refractivity contribution >= 4 is 23.8 Å². The molecule has 232 valence electrons. The molecule has 2 unspecified atom stereocenters. The highest BCUT2D eigenvalue weighted by atomic mass is 16.5. The summed E-state index contributed by atoms with van der Waals surface area (Å²) in [7, 11) is 0. The van der Waals surface area contributed by atoms with Gasteiger partial charge in [-0.2, -0.15) is 0 Å². The van der Waals surface area contributed by atoms with Crippen molar-refractivity contribution in [1.82, 2.24) is 10.2 Å². The summed E-state index contributed by atoms with van der Waals surface area (Å²) in [4.78, 5) is 51.4. The lowest BCUT2D eigenvalue weighted by molar-refractivity contribution is -0.154. The van der Waals surface area contributed by atoms with E-state index >= 15 is 0 Å². The van der Waals surface area contributed by atoms with E-state index < -0.39 is 12.0 Å². The van der Waals surface area contributed by atoms with Crippen LogP contribution in [0, 0.1) is 5.92 Å². The summed E-state index contributed by atoms with van der Waals surface area (Å²) in [6.45, 7) is 3.43. The molecule has 0 saturated carbocycles. The second-order valence-electron chi connectivity index (χ2n) is 10.2. The minimum absolute atomic E-state index is 0.0722. The van der Waals surface area contributed by atoms with Gasteiger partial charge in [0.1, 0.15) is 18.4 Å². The normalized spacial score (nSPS) is 16.2. The summed E-state index contributed by atoms with van der Waals surface area (Å²) in [6, 6.07) is 17.9. The number of likely N-dealkylation sites (tertiary alicyclic amines) is 1. The number of amides is 2. The fourth-order valence-electron chi connectivity index (χ4n) is 4.59. The van der Waals surface area contributed by atoms with E-state index in [9.17, 15) is 19.2 Å². The van der Waals surface area contributed by atoms with Crippen LogP contribution in [-0.2, 0) is 40.0 Å². The summed E-state index contributed by atoms with van der Waals surface area (Å²) in [5, 5.41) is 2.67. The zero-order valence-electron chi connectivity index (χ0n) is 24.8. The molecule has 10 heteroatoms. The third-order valence-corrected chi connectivity index (χ3v) is 6.76. The van der Waals surface area contributed by atoms with Crippen LogP contribution in [-0.4, -0.2) is 74.2 Å². The van der Waals surface area contributed by atoms with Crippen molar-refractivity contribution in [2.24, 2.45) is 5.92 Å². The minimum Gasteiger partial charge on any atom is -0.494 e. The highest BCUT2D eigenvalue weighted by Gasteiger charge is 2.40. The Morgan fingerprint density at radius 1 is 0.953 bits per heavy atom. The molecule has 1 aliphatic heterocycles. The second kappa shape index (κ2) is 19.1. The first kappa shape index (κ1) is 33.3. The Labute approximate surface area is 253 Å². The lowest BCUT2D eigenvalue weighted by atomic mass is 10.1. The number of allylic oxidation sites excluding steroid dienone is 1. The van der Waals surface area contributed by atoms with E-state index in [1.165, 1.54) is 4.90 Å². The van der Waals surface area contributed by atoms with E-state index in [2.05, 4.69) is 5.32 Å². The number of esters is 2. The number of nitrogens with zero attached hydrogens (tertiary/aromatic N) is 1. The van der Waals surface area contributed by atoms with Crippen molar-refractivity contribution < 1.29 is 38.1 Å². The average molecular weight is 595 g/mol. The summed E-state index contributed by atoms with van der Waals surface area (Å²) in [5.41, 5.74) is 0.852. The summed E-state index contributed by atoms with van der Waals surface area (Å²) in [5.74, 6) is -0.665. The Morgan fingerprint density at radius 2 is 1.70 bits per heavy atom. The Morgan fingerprint density at radius 3 is 2.44 bits per heavy atom. The molecule has 0 spiro atoms. The molecule has 2 aromatic rings. The van der Waals surface area contributed by atoms with Crippen LogP contribution in [0.15, 0.2) is 72.8 Å². The van der Waals surface area contributed by atoms with Crippen molar-refractivity contribution in [3.05, 3.63) is 78.4 Å². The molecular formula is C33H42N2O8. The number of para-hydroxylation sites is 1. The van der Waals surface area contributed by atoms with Gasteiger partial charge in [0.25, 0.3) is 0 Å². The van der Waals surface area contributed by atoms with E-state index in [0.717, 1.165) is 11.3 Å². The predicted molar refractivity (Wildman–Crippen MR) is 160 cm³/mol. The lowest BCUT2D eigenvalue weighted by Gasteiger charge is -2.23. The van der Waals surface area contributed by atoms with Crippen LogP contribution in [0.4, 0.5) is 0 Å². The maximum Gasteiger partial charge on any atom is 0.329 e. The number of carbonyl (C=O) groups is 4. The van der Waals surface area contributed by atoms with Crippen LogP contribution < -0.4 is 10.1 Å². The van der Waals surface area contributed by atoms with Gasteiger partial charge in [-0.1, -0.05) is 60.7 Å². The standard InChI is InChI=1S/C33H42N2O8/c1-2-41-32(38)18-10-5-11-19-40-24-27-21-29(33(39)43-25-26-13-6-3-7-14-26)35(23-27)31(37)22-34-30(36)17-12-20-42-28-15-8-4-9-16-28/h3-9,11,13-16,27,29H,2,10,12,17-25H2,1H3,(H,34,36)/b11-5+. The highest BCUT2D eigenvalue weighted by molar-refractivity contribution is 5.89. The highest BCUT2D eigenvalue weighted by Crippen LogP contribution is 2.25. The van der Waals surface area contributed by atoms with E-state index in [4.69, 9.17) is 18.9 Å². The molecule has 0 bridgehead atoms. The molecule has 1 fully saturated rings. The topological polar surface area (TPSA) is 120 Å². The van der Waals surface area contributed by atoms with Gasteiger partial charge in [0.2, 0.25) is 11.8 Å². The largest absolute Gasteiger partial charge is 0.494 e. The van der Waals surface area contributed by atoms with Crippen LogP contribution in [0.3, 0.4) is 0 Å².